The molecule has 13 aromatic carbocycles. The Labute approximate surface area is 607 Å². The van der Waals surface area contributed by atoms with Crippen molar-refractivity contribution < 1.29 is 0 Å². The standard InChI is InChI=1S/5C14H16.3C10H14/c1-10(2)12-7-8-14-11(3)5-4-6-13(14)9-12;1-10(2)13-8-7-12-6-4-5-11(3)14(12)9-13;1-10(2)14-9-11(3)8-12-6-4-5-7-13(12)14;1-10(2)12-9-8-11(3)13-6-4-5-7-14(12)13;1-10(2)14-11(3)8-9-12-6-4-5-7-13(12)14;1-8(2)10-6-4-9(3)5-7-10;1-8(2)10-6-4-5-9(3)7-10;1-8(2)10-7-5-4-6-9(10)3/h5*4-10H,1-3H3;3*4-8H,1-3H3. The zero-order chi connectivity index (χ0) is 73.3. The molecule has 0 aliphatic carbocycles. The SMILES string of the molecule is Cc1cc(C(C)C)c2ccccc2c1.Cc1ccc(C(C)C)c2ccccc12.Cc1ccc(C(C)C)cc1.Cc1ccc2ccccc2c1C(C)C.Cc1cccc(C(C)C)c1.Cc1cccc2cc(C(C)C)ccc12.Cc1cccc2ccc(C(C)C)cc12.Cc1ccccc1C(C)C. The van der Waals surface area contributed by atoms with Gasteiger partial charge in [-0.3, -0.25) is 0 Å². The Morgan fingerprint density at radius 3 is 1.15 bits per heavy atom. The first kappa shape index (κ1) is 80.1. The molecule has 0 fully saturated rings. The summed E-state index contributed by atoms with van der Waals surface area (Å²) in [5.41, 5.74) is 22.5. The van der Waals surface area contributed by atoms with E-state index in [1.165, 1.54) is 143 Å². The van der Waals surface area contributed by atoms with Crippen LogP contribution in [0.5, 0.6) is 0 Å². The maximum absolute atomic E-state index is 2.31. The average molecular weight is 1320 g/mol. The molecule has 0 spiro atoms. The fraction of sp³-hybridized carbons (Fsp3) is 0.320. The Balaban J connectivity index is 0.000000181. The van der Waals surface area contributed by atoms with Crippen LogP contribution >= 0.6 is 0 Å². The van der Waals surface area contributed by atoms with Gasteiger partial charge < -0.3 is 0 Å². The summed E-state index contributed by atoms with van der Waals surface area (Å²) in [6.07, 6.45) is 0. The minimum absolute atomic E-state index is 0.597. The Bertz CT molecular complexity index is 4620. The van der Waals surface area contributed by atoms with Gasteiger partial charge in [0.1, 0.15) is 0 Å². The van der Waals surface area contributed by atoms with Gasteiger partial charge in [0.05, 0.1) is 0 Å². The second-order valence-electron chi connectivity index (χ2n) is 30.1. The molecule has 0 heteroatoms. The Kier molecular flexibility index (Phi) is 31.4. The molecule has 0 aliphatic heterocycles. The van der Waals surface area contributed by atoms with Crippen LogP contribution in [0.1, 0.15) is 247 Å². The summed E-state index contributed by atoms with van der Waals surface area (Å²) in [7, 11) is 0. The van der Waals surface area contributed by atoms with E-state index in [1.807, 2.05) is 0 Å². The van der Waals surface area contributed by atoms with E-state index < -0.39 is 0 Å². The third-order valence-corrected chi connectivity index (χ3v) is 19.1. The van der Waals surface area contributed by atoms with E-state index in [1.54, 1.807) is 0 Å². The summed E-state index contributed by atoms with van der Waals surface area (Å²) in [6.45, 7) is 53.0. The van der Waals surface area contributed by atoms with Crippen LogP contribution in [0, 0.1) is 55.4 Å². The Hall–Kier alpha value is -8.84. The van der Waals surface area contributed by atoms with Crippen LogP contribution in [-0.4, -0.2) is 0 Å². The predicted molar refractivity (Wildman–Crippen MR) is 450 cm³/mol. The maximum Gasteiger partial charge on any atom is -0.0147 e. The highest BCUT2D eigenvalue weighted by Gasteiger charge is 2.10. The van der Waals surface area contributed by atoms with Crippen molar-refractivity contribution in [2.75, 3.05) is 0 Å². The van der Waals surface area contributed by atoms with Crippen LogP contribution in [0.3, 0.4) is 0 Å². The first-order chi connectivity index (χ1) is 47.6. The smallest absolute Gasteiger partial charge is 0.0147 e. The first-order valence-electron chi connectivity index (χ1n) is 37.2. The van der Waals surface area contributed by atoms with Gasteiger partial charge in [0.2, 0.25) is 0 Å². The minimum Gasteiger partial charge on any atom is -0.0620 e. The normalized spacial score (nSPS) is 10.9. The highest BCUT2D eigenvalue weighted by Crippen LogP contribution is 2.32. The molecule has 13 rings (SSSR count). The average Bonchev–Trinajstić information content (AvgIpc) is 0.829. The molecular weight excluding hydrogens is 1200 g/mol. The molecule has 0 aromatic heterocycles. The van der Waals surface area contributed by atoms with Crippen LogP contribution in [0.4, 0.5) is 0 Å². The van der Waals surface area contributed by atoms with E-state index in [-0.39, 0.29) is 0 Å². The number of aryl methyl sites for hydroxylation is 8. The van der Waals surface area contributed by atoms with Gasteiger partial charge in [-0.25, -0.2) is 0 Å². The van der Waals surface area contributed by atoms with Crippen LogP contribution < -0.4 is 0 Å². The van der Waals surface area contributed by atoms with Crippen molar-refractivity contribution in [2.24, 2.45) is 0 Å². The molecule has 0 amide bonds. The van der Waals surface area contributed by atoms with Gasteiger partial charge in [0, 0.05) is 0 Å². The molecule has 0 saturated carbocycles. The molecule has 0 unspecified atom stereocenters. The molecule has 0 saturated heterocycles. The molecule has 0 N–H and O–H groups in total. The highest BCUT2D eigenvalue weighted by atomic mass is 14.2. The fourth-order valence-corrected chi connectivity index (χ4v) is 13.0. The quantitative estimate of drug-likeness (QED) is 0.142. The Morgan fingerprint density at radius 1 is 0.170 bits per heavy atom. The van der Waals surface area contributed by atoms with Crippen molar-refractivity contribution in [3.63, 3.8) is 0 Å². The van der Waals surface area contributed by atoms with E-state index in [2.05, 4.69) is 421 Å². The van der Waals surface area contributed by atoms with Crippen LogP contribution in [0.25, 0.3) is 53.9 Å². The lowest BCUT2D eigenvalue weighted by Gasteiger charge is -2.13. The second-order valence-corrected chi connectivity index (χ2v) is 30.1. The van der Waals surface area contributed by atoms with Gasteiger partial charge in [0.25, 0.3) is 0 Å². The molecule has 0 heterocycles. The molecule has 13 aromatic rings. The summed E-state index contributed by atoms with van der Waals surface area (Å²) in [4.78, 5) is 0. The number of fused-ring (bicyclic) bond motifs is 5. The van der Waals surface area contributed by atoms with Gasteiger partial charge >= 0.3 is 0 Å². The van der Waals surface area contributed by atoms with E-state index in [9.17, 15) is 0 Å². The lowest BCUT2D eigenvalue weighted by Crippen LogP contribution is -1.93. The molecule has 0 nitrogen and oxygen atoms in total. The monoisotopic (exact) mass is 1320 g/mol. The highest BCUT2D eigenvalue weighted by molar-refractivity contribution is 5.90. The third-order valence-electron chi connectivity index (χ3n) is 19.1. The van der Waals surface area contributed by atoms with Gasteiger partial charge in [-0.1, -0.05) is 382 Å². The van der Waals surface area contributed by atoms with E-state index in [0.717, 1.165) is 0 Å². The number of rotatable bonds is 8. The number of benzene rings is 13. The van der Waals surface area contributed by atoms with Crippen LogP contribution in [0.2, 0.25) is 0 Å². The zero-order valence-corrected chi connectivity index (χ0v) is 65.9. The maximum atomic E-state index is 2.31. The summed E-state index contributed by atoms with van der Waals surface area (Å²) in [5, 5.41) is 13.8. The molecule has 100 heavy (non-hydrogen) atoms. The largest absolute Gasteiger partial charge is 0.0620 e. The topological polar surface area (TPSA) is 0 Å². The second kappa shape index (κ2) is 39.2. The van der Waals surface area contributed by atoms with Crippen molar-refractivity contribution in [1.29, 1.82) is 0 Å². The van der Waals surface area contributed by atoms with Gasteiger partial charge in [-0.2, -0.15) is 0 Å². The summed E-state index contributed by atoms with van der Waals surface area (Å²) in [5.74, 6) is 4.97. The summed E-state index contributed by atoms with van der Waals surface area (Å²) >= 11 is 0. The lowest BCUT2D eigenvalue weighted by molar-refractivity contribution is 0.856. The van der Waals surface area contributed by atoms with E-state index >= 15 is 0 Å². The molecule has 0 radical (unpaired) electrons. The van der Waals surface area contributed by atoms with Gasteiger partial charge in [-0.15, -0.1) is 0 Å². The van der Waals surface area contributed by atoms with Crippen molar-refractivity contribution >= 4 is 53.9 Å². The molecule has 0 bridgehead atoms. The Morgan fingerprint density at radius 2 is 0.590 bits per heavy atom. The number of hydrogen-bond donors (Lipinski definition) is 0. The van der Waals surface area contributed by atoms with Crippen molar-refractivity contribution in [3.05, 3.63) is 344 Å². The van der Waals surface area contributed by atoms with Gasteiger partial charge in [-0.05, 0) is 229 Å². The third kappa shape index (κ3) is 23.7. The van der Waals surface area contributed by atoms with Crippen LogP contribution in [-0.2, 0) is 0 Å². The van der Waals surface area contributed by atoms with Crippen molar-refractivity contribution in [1.82, 2.24) is 0 Å². The molecule has 0 atom stereocenters. The van der Waals surface area contributed by atoms with Crippen LogP contribution in [0.15, 0.2) is 255 Å². The molecule has 0 aliphatic rings. The summed E-state index contributed by atoms with van der Waals surface area (Å²) in [6, 6.07) is 91.7. The predicted octanol–water partition coefficient (Wildman–Crippen LogP) is 30.7. The number of hydrogen-bond acceptors (Lipinski definition) is 0. The van der Waals surface area contributed by atoms with Crippen molar-refractivity contribution in [2.45, 2.75) is 214 Å². The first-order valence-corrected chi connectivity index (χ1v) is 37.2. The molecular formula is C100H122. The van der Waals surface area contributed by atoms with E-state index in [4.69, 9.17) is 0 Å². The minimum atomic E-state index is 0.597. The van der Waals surface area contributed by atoms with Gasteiger partial charge in [0.15, 0.2) is 0 Å². The summed E-state index contributed by atoms with van der Waals surface area (Å²) < 4.78 is 0. The van der Waals surface area contributed by atoms with Crippen molar-refractivity contribution in [3.8, 4) is 0 Å². The van der Waals surface area contributed by atoms with E-state index in [0.29, 0.717) is 47.3 Å². The fourth-order valence-electron chi connectivity index (χ4n) is 13.0. The lowest BCUT2D eigenvalue weighted by atomic mass is 9.92. The zero-order valence-electron chi connectivity index (χ0n) is 65.9. The molecule has 522 valence electrons.